The van der Waals surface area contributed by atoms with Gasteiger partial charge >= 0.3 is 0 Å². The Morgan fingerprint density at radius 1 is 1.24 bits per heavy atom. The number of likely N-dealkylation sites (tertiary alicyclic amines) is 1. The molecule has 0 bridgehead atoms. The first kappa shape index (κ1) is 14.5. The highest BCUT2D eigenvalue weighted by Crippen LogP contribution is 2.34. The van der Waals surface area contributed by atoms with Crippen molar-refractivity contribution in [2.75, 3.05) is 13.1 Å². The molecule has 0 aromatic heterocycles. The van der Waals surface area contributed by atoms with Crippen LogP contribution in [0.25, 0.3) is 0 Å². The maximum Gasteiger partial charge on any atom is 0.239 e. The van der Waals surface area contributed by atoms with E-state index in [0.717, 1.165) is 31.8 Å². The summed E-state index contributed by atoms with van der Waals surface area (Å²) in [4.78, 5) is 14.0. The third-order valence-electron chi connectivity index (χ3n) is 4.03. The molecule has 3 heteroatoms. The summed E-state index contributed by atoms with van der Waals surface area (Å²) in [5.74, 6) is 1.08. The lowest BCUT2D eigenvalue weighted by atomic mass is 9.75. The van der Waals surface area contributed by atoms with E-state index >= 15 is 0 Å². The zero-order chi connectivity index (χ0) is 13.2. The number of rotatable bonds is 2. The van der Waals surface area contributed by atoms with Gasteiger partial charge in [0.25, 0.3) is 0 Å². The number of amides is 1. The molecule has 1 heterocycles. The molecule has 0 saturated carbocycles. The Balaban J connectivity index is 2.50. The molecule has 3 nitrogen and oxygen atoms in total. The standard InChI is InChI=1S/C14H28N2O/c1-10(2)12(15)13(17)16-8-6-11(7-9-16)14(3,4)5/h10-12H,6-9,15H2,1-5H3/t12-/m0/s1. The monoisotopic (exact) mass is 240 g/mol. The first-order valence-electron chi connectivity index (χ1n) is 6.78. The Labute approximate surface area is 106 Å². The zero-order valence-corrected chi connectivity index (χ0v) is 12.0. The highest BCUT2D eigenvalue weighted by molar-refractivity contribution is 5.82. The first-order valence-corrected chi connectivity index (χ1v) is 6.78. The van der Waals surface area contributed by atoms with Gasteiger partial charge in [0.1, 0.15) is 0 Å². The van der Waals surface area contributed by atoms with E-state index < -0.39 is 0 Å². The van der Waals surface area contributed by atoms with Crippen LogP contribution < -0.4 is 5.73 Å². The molecule has 1 saturated heterocycles. The van der Waals surface area contributed by atoms with Crippen LogP contribution in [0.3, 0.4) is 0 Å². The van der Waals surface area contributed by atoms with Crippen molar-refractivity contribution in [1.82, 2.24) is 4.90 Å². The molecule has 1 aliphatic rings. The van der Waals surface area contributed by atoms with E-state index in [4.69, 9.17) is 5.73 Å². The van der Waals surface area contributed by atoms with E-state index in [2.05, 4.69) is 20.8 Å². The minimum absolute atomic E-state index is 0.132. The lowest BCUT2D eigenvalue weighted by Crippen LogP contribution is -2.50. The van der Waals surface area contributed by atoms with Crippen LogP contribution in [0.2, 0.25) is 0 Å². The Hall–Kier alpha value is -0.570. The predicted octanol–water partition coefficient (Wildman–Crippen LogP) is 2.25. The smallest absolute Gasteiger partial charge is 0.239 e. The average Bonchev–Trinajstić information content (AvgIpc) is 2.26. The molecule has 0 radical (unpaired) electrons. The molecule has 0 aromatic carbocycles. The van der Waals surface area contributed by atoms with Crippen LogP contribution in [0.1, 0.15) is 47.5 Å². The van der Waals surface area contributed by atoms with Crippen LogP contribution >= 0.6 is 0 Å². The summed E-state index contributed by atoms with van der Waals surface area (Å²) in [6.45, 7) is 12.6. The maximum atomic E-state index is 12.1. The second-order valence-corrected chi connectivity index (χ2v) is 6.74. The second kappa shape index (κ2) is 5.38. The number of piperidine rings is 1. The van der Waals surface area contributed by atoms with Gasteiger partial charge in [-0.1, -0.05) is 34.6 Å². The summed E-state index contributed by atoms with van der Waals surface area (Å²) in [6.07, 6.45) is 2.22. The van der Waals surface area contributed by atoms with Gasteiger partial charge in [-0.05, 0) is 30.1 Å². The van der Waals surface area contributed by atoms with Crippen LogP contribution in [-0.4, -0.2) is 29.9 Å². The molecule has 0 aromatic rings. The van der Waals surface area contributed by atoms with Crippen LogP contribution in [-0.2, 0) is 4.79 Å². The van der Waals surface area contributed by atoms with Crippen molar-refractivity contribution in [3.05, 3.63) is 0 Å². The number of carbonyl (C=O) groups is 1. The van der Waals surface area contributed by atoms with Crippen LogP contribution in [0.4, 0.5) is 0 Å². The molecular formula is C14H28N2O. The molecule has 0 unspecified atom stereocenters. The zero-order valence-electron chi connectivity index (χ0n) is 12.0. The quantitative estimate of drug-likeness (QED) is 0.804. The fourth-order valence-corrected chi connectivity index (χ4v) is 2.46. The van der Waals surface area contributed by atoms with Gasteiger partial charge in [0.05, 0.1) is 6.04 Å². The number of nitrogens with two attached hydrogens (primary N) is 1. The van der Waals surface area contributed by atoms with Gasteiger partial charge < -0.3 is 10.6 Å². The van der Waals surface area contributed by atoms with Crippen molar-refractivity contribution in [3.8, 4) is 0 Å². The lowest BCUT2D eigenvalue weighted by molar-refractivity contribution is -0.135. The van der Waals surface area contributed by atoms with Gasteiger partial charge in [-0.25, -0.2) is 0 Å². The summed E-state index contributed by atoms with van der Waals surface area (Å²) in [5.41, 5.74) is 6.28. The fourth-order valence-electron chi connectivity index (χ4n) is 2.46. The van der Waals surface area contributed by atoms with Crippen molar-refractivity contribution in [3.63, 3.8) is 0 Å². The second-order valence-electron chi connectivity index (χ2n) is 6.74. The molecule has 0 aliphatic carbocycles. The van der Waals surface area contributed by atoms with Crippen molar-refractivity contribution < 1.29 is 4.79 Å². The summed E-state index contributed by atoms with van der Waals surface area (Å²) < 4.78 is 0. The van der Waals surface area contributed by atoms with Gasteiger partial charge in [0.15, 0.2) is 0 Å². The Bertz CT molecular complexity index is 260. The Kier molecular flexibility index (Phi) is 4.59. The van der Waals surface area contributed by atoms with E-state index in [1.807, 2.05) is 18.7 Å². The van der Waals surface area contributed by atoms with Crippen LogP contribution in [0.5, 0.6) is 0 Å². The largest absolute Gasteiger partial charge is 0.341 e. The fraction of sp³-hybridized carbons (Fsp3) is 0.929. The molecule has 1 fully saturated rings. The number of nitrogens with zero attached hydrogens (tertiary/aromatic N) is 1. The van der Waals surface area contributed by atoms with E-state index in [1.54, 1.807) is 0 Å². The van der Waals surface area contributed by atoms with E-state index in [-0.39, 0.29) is 17.9 Å². The molecule has 1 amide bonds. The third-order valence-corrected chi connectivity index (χ3v) is 4.03. The molecule has 0 spiro atoms. The summed E-state index contributed by atoms with van der Waals surface area (Å²) >= 11 is 0. The Morgan fingerprint density at radius 2 is 1.71 bits per heavy atom. The highest BCUT2D eigenvalue weighted by Gasteiger charge is 2.32. The topological polar surface area (TPSA) is 46.3 Å². The van der Waals surface area contributed by atoms with Crippen molar-refractivity contribution in [2.24, 2.45) is 23.0 Å². The molecule has 1 atom stereocenters. The van der Waals surface area contributed by atoms with Gasteiger partial charge in [-0.2, -0.15) is 0 Å². The molecule has 17 heavy (non-hydrogen) atoms. The highest BCUT2D eigenvalue weighted by atomic mass is 16.2. The third kappa shape index (κ3) is 3.70. The molecule has 100 valence electrons. The van der Waals surface area contributed by atoms with Gasteiger partial charge in [0.2, 0.25) is 5.91 Å². The number of hydrogen-bond donors (Lipinski definition) is 1. The van der Waals surface area contributed by atoms with Crippen LogP contribution in [0, 0.1) is 17.3 Å². The summed E-state index contributed by atoms with van der Waals surface area (Å²) in [6, 6.07) is -0.332. The molecular weight excluding hydrogens is 212 g/mol. The van der Waals surface area contributed by atoms with Crippen molar-refractivity contribution in [1.29, 1.82) is 0 Å². The minimum Gasteiger partial charge on any atom is -0.341 e. The normalized spacial score (nSPS) is 20.8. The molecule has 1 rings (SSSR count). The Morgan fingerprint density at radius 3 is 2.06 bits per heavy atom. The van der Waals surface area contributed by atoms with Gasteiger partial charge in [-0.3, -0.25) is 4.79 Å². The SMILES string of the molecule is CC(C)[C@H](N)C(=O)N1CCC(C(C)(C)C)CC1. The summed E-state index contributed by atoms with van der Waals surface area (Å²) in [5, 5.41) is 0. The maximum absolute atomic E-state index is 12.1. The van der Waals surface area contributed by atoms with Gasteiger partial charge in [-0.15, -0.1) is 0 Å². The van der Waals surface area contributed by atoms with E-state index in [1.165, 1.54) is 0 Å². The van der Waals surface area contributed by atoms with E-state index in [0.29, 0.717) is 5.41 Å². The van der Waals surface area contributed by atoms with Crippen LogP contribution in [0.15, 0.2) is 0 Å². The van der Waals surface area contributed by atoms with E-state index in [9.17, 15) is 4.79 Å². The lowest BCUT2D eigenvalue weighted by Gasteiger charge is -2.39. The molecule has 2 N–H and O–H groups in total. The number of hydrogen-bond acceptors (Lipinski definition) is 2. The van der Waals surface area contributed by atoms with Gasteiger partial charge in [0, 0.05) is 13.1 Å². The molecule has 1 aliphatic heterocycles. The van der Waals surface area contributed by atoms with Crippen molar-refractivity contribution >= 4 is 5.91 Å². The number of carbonyl (C=O) groups excluding carboxylic acids is 1. The predicted molar refractivity (Wildman–Crippen MR) is 71.6 cm³/mol. The minimum atomic E-state index is -0.332. The summed E-state index contributed by atoms with van der Waals surface area (Å²) in [7, 11) is 0. The average molecular weight is 240 g/mol. The first-order chi connectivity index (χ1) is 7.73. The van der Waals surface area contributed by atoms with Crippen molar-refractivity contribution in [2.45, 2.75) is 53.5 Å².